The third-order valence-corrected chi connectivity index (χ3v) is 2.09. The molecule has 0 saturated heterocycles. The molecule has 0 atom stereocenters. The van der Waals surface area contributed by atoms with Crippen LogP contribution in [0, 0.1) is 17.0 Å². The Balaban J connectivity index is 1.97. The zero-order valence-electron chi connectivity index (χ0n) is 9.08. The molecule has 2 heterocycles. The molecule has 2 rings (SSSR count). The summed E-state index contributed by atoms with van der Waals surface area (Å²) in [7, 11) is 0. The summed E-state index contributed by atoms with van der Waals surface area (Å²) in [6.45, 7) is 2.27. The summed E-state index contributed by atoms with van der Waals surface area (Å²) in [5, 5.41) is 17.2. The van der Waals surface area contributed by atoms with Crippen molar-refractivity contribution in [2.45, 2.75) is 13.5 Å². The van der Waals surface area contributed by atoms with Crippen LogP contribution in [0.25, 0.3) is 0 Å². The molecule has 17 heavy (non-hydrogen) atoms. The van der Waals surface area contributed by atoms with Gasteiger partial charge in [0.15, 0.2) is 0 Å². The summed E-state index contributed by atoms with van der Waals surface area (Å²) in [5.74, 6) is 1.29. The van der Waals surface area contributed by atoms with Crippen LogP contribution in [0.3, 0.4) is 0 Å². The number of aromatic nitrogens is 2. The number of pyridine rings is 1. The van der Waals surface area contributed by atoms with Crippen molar-refractivity contribution >= 4 is 11.5 Å². The lowest BCUT2D eigenvalue weighted by molar-refractivity contribution is -0.385. The van der Waals surface area contributed by atoms with E-state index in [1.165, 1.54) is 12.3 Å². The Morgan fingerprint density at radius 3 is 2.88 bits per heavy atom. The second-order valence-electron chi connectivity index (χ2n) is 3.44. The van der Waals surface area contributed by atoms with Crippen LogP contribution in [-0.4, -0.2) is 15.1 Å². The number of nitrogens with one attached hydrogen (secondary N) is 1. The molecule has 0 aliphatic rings. The van der Waals surface area contributed by atoms with Crippen molar-refractivity contribution < 1.29 is 9.45 Å². The van der Waals surface area contributed by atoms with E-state index in [0.29, 0.717) is 12.4 Å². The Morgan fingerprint density at radius 2 is 2.35 bits per heavy atom. The molecule has 0 aliphatic carbocycles. The van der Waals surface area contributed by atoms with Gasteiger partial charge < -0.3 is 9.84 Å². The normalized spacial score (nSPS) is 10.2. The summed E-state index contributed by atoms with van der Waals surface area (Å²) in [6, 6.07) is 4.74. The summed E-state index contributed by atoms with van der Waals surface area (Å²) in [5.41, 5.74) is 0.718. The van der Waals surface area contributed by atoms with E-state index < -0.39 is 4.92 Å². The minimum atomic E-state index is -0.488. The third-order valence-electron chi connectivity index (χ3n) is 2.09. The van der Waals surface area contributed by atoms with Crippen molar-refractivity contribution in [2.75, 3.05) is 5.32 Å². The van der Waals surface area contributed by atoms with E-state index in [4.69, 9.17) is 4.52 Å². The van der Waals surface area contributed by atoms with Crippen LogP contribution < -0.4 is 5.32 Å². The first-order valence-corrected chi connectivity index (χ1v) is 4.91. The smallest absolute Gasteiger partial charge is 0.287 e. The van der Waals surface area contributed by atoms with E-state index in [0.717, 1.165) is 11.5 Å². The van der Waals surface area contributed by atoms with Gasteiger partial charge in [0.1, 0.15) is 23.5 Å². The zero-order valence-corrected chi connectivity index (χ0v) is 9.08. The molecule has 88 valence electrons. The van der Waals surface area contributed by atoms with Crippen LogP contribution in [0.5, 0.6) is 0 Å². The average Bonchev–Trinajstić information content (AvgIpc) is 2.73. The maximum atomic E-state index is 10.4. The number of nitrogens with zero attached hydrogens (tertiary/aromatic N) is 3. The van der Waals surface area contributed by atoms with Gasteiger partial charge >= 0.3 is 0 Å². The van der Waals surface area contributed by atoms with Crippen molar-refractivity contribution in [2.24, 2.45) is 0 Å². The van der Waals surface area contributed by atoms with Crippen LogP contribution in [0.4, 0.5) is 11.5 Å². The van der Waals surface area contributed by atoms with Crippen LogP contribution in [-0.2, 0) is 6.54 Å². The highest BCUT2D eigenvalue weighted by atomic mass is 16.6. The largest absolute Gasteiger partial charge is 0.364 e. The summed E-state index contributed by atoms with van der Waals surface area (Å²) >= 11 is 0. The van der Waals surface area contributed by atoms with Gasteiger partial charge in [0.25, 0.3) is 5.69 Å². The molecule has 7 nitrogen and oxygen atoms in total. The van der Waals surface area contributed by atoms with E-state index in [9.17, 15) is 10.1 Å². The van der Waals surface area contributed by atoms with Gasteiger partial charge in [-0.25, -0.2) is 4.98 Å². The zero-order chi connectivity index (χ0) is 12.3. The van der Waals surface area contributed by atoms with Gasteiger partial charge in [0.2, 0.25) is 0 Å². The Morgan fingerprint density at radius 1 is 1.53 bits per heavy atom. The highest BCUT2D eigenvalue weighted by Crippen LogP contribution is 2.12. The minimum Gasteiger partial charge on any atom is -0.364 e. The van der Waals surface area contributed by atoms with Crippen molar-refractivity contribution in [3.05, 3.63) is 46.0 Å². The lowest BCUT2D eigenvalue weighted by Gasteiger charge is -2.01. The highest BCUT2D eigenvalue weighted by Gasteiger charge is 2.05. The Kier molecular flexibility index (Phi) is 2.99. The van der Waals surface area contributed by atoms with E-state index in [2.05, 4.69) is 15.5 Å². The molecular formula is C10H10N4O3. The summed E-state index contributed by atoms with van der Waals surface area (Å²) < 4.78 is 4.90. The average molecular weight is 234 g/mol. The van der Waals surface area contributed by atoms with Crippen LogP contribution in [0.2, 0.25) is 0 Å². The molecule has 0 spiro atoms. The molecule has 0 fully saturated rings. The van der Waals surface area contributed by atoms with Crippen LogP contribution >= 0.6 is 0 Å². The molecule has 0 unspecified atom stereocenters. The molecular weight excluding hydrogens is 224 g/mol. The van der Waals surface area contributed by atoms with Crippen LogP contribution in [0.1, 0.15) is 11.5 Å². The van der Waals surface area contributed by atoms with E-state index >= 15 is 0 Å². The molecule has 2 aromatic heterocycles. The standard InChI is InChI=1S/C10H10N4O3/c1-7-4-8(13-17-7)5-11-10-3-2-9(6-12-10)14(15)16/h2-4,6H,5H2,1H3,(H,11,12). The van der Waals surface area contributed by atoms with Crippen molar-refractivity contribution in [1.82, 2.24) is 10.1 Å². The molecule has 0 amide bonds. The molecule has 0 aliphatic heterocycles. The topological polar surface area (TPSA) is 94.1 Å². The predicted molar refractivity (Wildman–Crippen MR) is 59.5 cm³/mol. The maximum absolute atomic E-state index is 10.4. The SMILES string of the molecule is Cc1cc(CNc2ccc([N+](=O)[O-])cn2)no1. The van der Waals surface area contributed by atoms with Gasteiger partial charge in [-0.15, -0.1) is 0 Å². The van der Waals surface area contributed by atoms with Gasteiger partial charge in [-0.05, 0) is 13.0 Å². The molecule has 0 aromatic carbocycles. The first-order chi connectivity index (χ1) is 8.15. The molecule has 1 N–H and O–H groups in total. The number of rotatable bonds is 4. The lowest BCUT2D eigenvalue weighted by Crippen LogP contribution is -2.01. The van der Waals surface area contributed by atoms with E-state index in [1.807, 2.05) is 0 Å². The molecule has 7 heteroatoms. The lowest BCUT2D eigenvalue weighted by atomic mass is 10.3. The fraction of sp³-hybridized carbons (Fsp3) is 0.200. The minimum absolute atomic E-state index is 0.0344. The molecule has 2 aromatic rings. The first kappa shape index (κ1) is 11.1. The second kappa shape index (κ2) is 4.60. The highest BCUT2D eigenvalue weighted by molar-refractivity contribution is 5.40. The van der Waals surface area contributed by atoms with Crippen molar-refractivity contribution in [1.29, 1.82) is 0 Å². The maximum Gasteiger partial charge on any atom is 0.287 e. The van der Waals surface area contributed by atoms with Gasteiger partial charge in [-0.2, -0.15) is 0 Å². The van der Waals surface area contributed by atoms with E-state index in [1.54, 1.807) is 19.1 Å². The predicted octanol–water partition coefficient (Wildman–Crippen LogP) is 1.90. The first-order valence-electron chi connectivity index (χ1n) is 4.91. The Hall–Kier alpha value is -2.44. The Bertz CT molecular complexity index is 521. The third kappa shape index (κ3) is 2.77. The summed E-state index contributed by atoms with van der Waals surface area (Å²) in [6.07, 6.45) is 1.20. The van der Waals surface area contributed by atoms with Gasteiger partial charge in [-0.3, -0.25) is 10.1 Å². The quantitative estimate of drug-likeness (QED) is 0.641. The molecule has 0 radical (unpaired) electrons. The van der Waals surface area contributed by atoms with Gasteiger partial charge in [0.05, 0.1) is 11.5 Å². The number of aryl methyl sites for hydroxylation is 1. The number of anilines is 1. The summed E-state index contributed by atoms with van der Waals surface area (Å²) in [4.78, 5) is 13.8. The number of nitro groups is 1. The molecule has 0 bridgehead atoms. The van der Waals surface area contributed by atoms with Gasteiger partial charge in [0, 0.05) is 12.1 Å². The monoisotopic (exact) mass is 234 g/mol. The van der Waals surface area contributed by atoms with Crippen molar-refractivity contribution in [3.8, 4) is 0 Å². The number of hydrogen-bond acceptors (Lipinski definition) is 6. The Labute approximate surface area is 96.6 Å². The fourth-order valence-electron chi connectivity index (χ4n) is 1.28. The number of hydrogen-bond donors (Lipinski definition) is 1. The van der Waals surface area contributed by atoms with Crippen LogP contribution in [0.15, 0.2) is 28.9 Å². The van der Waals surface area contributed by atoms with Crippen molar-refractivity contribution in [3.63, 3.8) is 0 Å². The molecule has 0 saturated carbocycles. The van der Waals surface area contributed by atoms with E-state index in [-0.39, 0.29) is 5.69 Å². The van der Waals surface area contributed by atoms with Gasteiger partial charge in [-0.1, -0.05) is 5.16 Å². The fourth-order valence-corrected chi connectivity index (χ4v) is 1.28. The second-order valence-corrected chi connectivity index (χ2v) is 3.44.